The molecule has 1 atom stereocenters. The van der Waals surface area contributed by atoms with Gasteiger partial charge in [0.05, 0.1) is 24.9 Å². The summed E-state index contributed by atoms with van der Waals surface area (Å²) in [5, 5.41) is 0. The number of carbonyl (C=O) groups is 2. The number of ether oxygens (including phenoxy) is 1. The first-order chi connectivity index (χ1) is 14.1. The number of methoxy groups -OCH3 is 1. The lowest BCUT2D eigenvalue weighted by Crippen LogP contribution is -2.51. The van der Waals surface area contributed by atoms with Gasteiger partial charge in [0.15, 0.2) is 0 Å². The standard InChI is InChI=1S/C21H25N5O3/c1-15-3-4-18(29-2)17(11-15)26-14-16(12-20(26)27)21(28)25-9-7-24(8-10-25)19-13-22-5-6-23-19/h3-6,11,13,16H,7-10,12,14H2,1-2H3. The first-order valence-corrected chi connectivity index (χ1v) is 9.81. The molecular weight excluding hydrogens is 370 g/mol. The Kier molecular flexibility index (Phi) is 5.33. The Morgan fingerprint density at radius 3 is 2.66 bits per heavy atom. The second kappa shape index (κ2) is 8.06. The normalized spacial score (nSPS) is 19.6. The maximum Gasteiger partial charge on any atom is 0.228 e. The summed E-state index contributed by atoms with van der Waals surface area (Å²) in [5.41, 5.74) is 1.78. The molecule has 29 heavy (non-hydrogen) atoms. The number of amides is 2. The van der Waals surface area contributed by atoms with Crippen molar-refractivity contribution >= 4 is 23.3 Å². The molecule has 2 fully saturated rings. The average Bonchev–Trinajstić information content (AvgIpc) is 3.15. The third-order valence-corrected chi connectivity index (χ3v) is 5.56. The molecule has 0 bridgehead atoms. The Bertz CT molecular complexity index is 896. The molecule has 152 valence electrons. The van der Waals surface area contributed by atoms with Gasteiger partial charge in [-0.3, -0.25) is 14.6 Å². The van der Waals surface area contributed by atoms with Crippen LogP contribution in [0.4, 0.5) is 11.5 Å². The zero-order valence-electron chi connectivity index (χ0n) is 16.7. The fraction of sp³-hybridized carbons (Fsp3) is 0.429. The van der Waals surface area contributed by atoms with Crippen molar-refractivity contribution in [3.05, 3.63) is 42.4 Å². The van der Waals surface area contributed by atoms with E-state index in [4.69, 9.17) is 4.74 Å². The van der Waals surface area contributed by atoms with Crippen LogP contribution in [0.1, 0.15) is 12.0 Å². The van der Waals surface area contributed by atoms with Crippen LogP contribution in [0.5, 0.6) is 5.75 Å². The predicted molar refractivity (Wildman–Crippen MR) is 109 cm³/mol. The summed E-state index contributed by atoms with van der Waals surface area (Å²) >= 11 is 0. The van der Waals surface area contributed by atoms with Crippen LogP contribution in [0, 0.1) is 12.8 Å². The van der Waals surface area contributed by atoms with E-state index in [2.05, 4.69) is 14.9 Å². The summed E-state index contributed by atoms with van der Waals surface area (Å²) in [6.45, 7) is 5.02. The molecule has 0 aliphatic carbocycles. The van der Waals surface area contributed by atoms with Crippen LogP contribution < -0.4 is 14.5 Å². The SMILES string of the molecule is COc1ccc(C)cc1N1CC(C(=O)N2CCN(c3cnccn3)CC2)CC1=O. The third-order valence-electron chi connectivity index (χ3n) is 5.56. The lowest BCUT2D eigenvalue weighted by atomic mass is 10.1. The van der Waals surface area contributed by atoms with E-state index in [0.29, 0.717) is 38.5 Å². The fourth-order valence-corrected chi connectivity index (χ4v) is 3.99. The molecule has 4 rings (SSSR count). The Morgan fingerprint density at radius 1 is 1.17 bits per heavy atom. The number of benzene rings is 1. The van der Waals surface area contributed by atoms with Gasteiger partial charge in [-0.05, 0) is 24.6 Å². The van der Waals surface area contributed by atoms with Gasteiger partial charge in [0.1, 0.15) is 11.6 Å². The summed E-state index contributed by atoms with van der Waals surface area (Å²) in [7, 11) is 1.59. The Labute approximate surface area is 170 Å². The lowest BCUT2D eigenvalue weighted by Gasteiger charge is -2.36. The second-order valence-corrected chi connectivity index (χ2v) is 7.46. The molecule has 0 spiro atoms. The molecule has 0 N–H and O–H groups in total. The molecule has 1 aromatic heterocycles. The summed E-state index contributed by atoms with van der Waals surface area (Å²) < 4.78 is 5.42. The number of aryl methyl sites for hydroxylation is 1. The van der Waals surface area contributed by atoms with Crippen molar-refractivity contribution in [2.75, 3.05) is 49.6 Å². The van der Waals surface area contributed by atoms with Crippen molar-refractivity contribution in [3.63, 3.8) is 0 Å². The third kappa shape index (κ3) is 3.87. The van der Waals surface area contributed by atoms with E-state index in [1.54, 1.807) is 30.6 Å². The van der Waals surface area contributed by atoms with Gasteiger partial charge in [0.2, 0.25) is 11.8 Å². The molecule has 2 aliphatic rings. The molecule has 2 aromatic rings. The number of hydrogen-bond acceptors (Lipinski definition) is 6. The Morgan fingerprint density at radius 2 is 1.97 bits per heavy atom. The number of anilines is 2. The van der Waals surface area contributed by atoms with Crippen LogP contribution in [0.3, 0.4) is 0 Å². The average molecular weight is 395 g/mol. The molecule has 0 radical (unpaired) electrons. The minimum Gasteiger partial charge on any atom is -0.495 e. The number of aromatic nitrogens is 2. The van der Waals surface area contributed by atoms with E-state index in [9.17, 15) is 9.59 Å². The van der Waals surface area contributed by atoms with Crippen molar-refractivity contribution in [2.45, 2.75) is 13.3 Å². The van der Waals surface area contributed by atoms with Crippen LogP contribution in [0.2, 0.25) is 0 Å². The quantitative estimate of drug-likeness (QED) is 0.781. The maximum absolute atomic E-state index is 13.1. The van der Waals surface area contributed by atoms with E-state index < -0.39 is 0 Å². The molecule has 8 nitrogen and oxygen atoms in total. The molecule has 8 heteroatoms. The number of piperazine rings is 1. The van der Waals surface area contributed by atoms with E-state index in [-0.39, 0.29) is 24.2 Å². The molecular formula is C21H25N5O3. The minimum absolute atomic E-state index is 0.0366. The lowest BCUT2D eigenvalue weighted by molar-refractivity contribution is -0.136. The van der Waals surface area contributed by atoms with Crippen molar-refractivity contribution in [1.29, 1.82) is 0 Å². The fourth-order valence-electron chi connectivity index (χ4n) is 3.99. The number of rotatable bonds is 4. The van der Waals surface area contributed by atoms with Crippen LogP contribution in [0.25, 0.3) is 0 Å². The molecule has 3 heterocycles. The van der Waals surface area contributed by atoms with Crippen LogP contribution in [-0.4, -0.2) is 66.5 Å². The van der Waals surface area contributed by atoms with E-state index >= 15 is 0 Å². The van der Waals surface area contributed by atoms with Crippen molar-refractivity contribution < 1.29 is 14.3 Å². The monoisotopic (exact) mass is 395 g/mol. The van der Waals surface area contributed by atoms with Gasteiger partial charge in [-0.1, -0.05) is 6.07 Å². The van der Waals surface area contributed by atoms with Gasteiger partial charge in [-0.15, -0.1) is 0 Å². The zero-order valence-corrected chi connectivity index (χ0v) is 16.7. The highest BCUT2D eigenvalue weighted by molar-refractivity contribution is 6.01. The molecule has 1 aromatic carbocycles. The smallest absolute Gasteiger partial charge is 0.228 e. The van der Waals surface area contributed by atoms with Gasteiger partial charge in [0, 0.05) is 51.5 Å². The summed E-state index contributed by atoms with van der Waals surface area (Å²) in [6.07, 6.45) is 5.29. The Hall–Kier alpha value is -3.16. The largest absolute Gasteiger partial charge is 0.495 e. The number of nitrogens with zero attached hydrogens (tertiary/aromatic N) is 5. The zero-order chi connectivity index (χ0) is 20.4. The summed E-state index contributed by atoms with van der Waals surface area (Å²) in [5.74, 6) is 1.16. The van der Waals surface area contributed by atoms with Crippen molar-refractivity contribution in [1.82, 2.24) is 14.9 Å². The van der Waals surface area contributed by atoms with Crippen LogP contribution >= 0.6 is 0 Å². The van der Waals surface area contributed by atoms with Crippen LogP contribution in [-0.2, 0) is 9.59 Å². The molecule has 2 aliphatic heterocycles. The van der Waals surface area contributed by atoms with Crippen molar-refractivity contribution in [2.24, 2.45) is 5.92 Å². The predicted octanol–water partition coefficient (Wildman–Crippen LogP) is 1.50. The Balaban J connectivity index is 1.41. The molecule has 1 unspecified atom stereocenters. The first-order valence-electron chi connectivity index (χ1n) is 9.81. The number of carbonyl (C=O) groups excluding carboxylic acids is 2. The highest BCUT2D eigenvalue weighted by Gasteiger charge is 2.38. The topological polar surface area (TPSA) is 78.9 Å². The van der Waals surface area contributed by atoms with Gasteiger partial charge >= 0.3 is 0 Å². The molecule has 2 saturated heterocycles. The highest BCUT2D eigenvalue weighted by Crippen LogP contribution is 2.34. The van der Waals surface area contributed by atoms with E-state index in [1.807, 2.05) is 30.0 Å². The number of hydrogen-bond donors (Lipinski definition) is 0. The summed E-state index contributed by atoms with van der Waals surface area (Å²) in [4.78, 5) is 39.8. The van der Waals surface area contributed by atoms with Gasteiger partial charge in [-0.25, -0.2) is 4.98 Å². The maximum atomic E-state index is 13.1. The highest BCUT2D eigenvalue weighted by atomic mass is 16.5. The summed E-state index contributed by atoms with van der Waals surface area (Å²) in [6, 6.07) is 5.74. The van der Waals surface area contributed by atoms with Gasteiger partial charge in [0.25, 0.3) is 0 Å². The van der Waals surface area contributed by atoms with Gasteiger partial charge < -0.3 is 19.4 Å². The minimum atomic E-state index is -0.323. The van der Waals surface area contributed by atoms with Crippen molar-refractivity contribution in [3.8, 4) is 5.75 Å². The van der Waals surface area contributed by atoms with Crippen LogP contribution in [0.15, 0.2) is 36.8 Å². The molecule has 2 amide bonds. The van der Waals surface area contributed by atoms with E-state index in [1.165, 1.54) is 0 Å². The first kappa shape index (κ1) is 19.2. The van der Waals surface area contributed by atoms with E-state index in [0.717, 1.165) is 17.1 Å². The molecule has 0 saturated carbocycles. The van der Waals surface area contributed by atoms with Gasteiger partial charge in [-0.2, -0.15) is 0 Å². The second-order valence-electron chi connectivity index (χ2n) is 7.46.